The summed E-state index contributed by atoms with van der Waals surface area (Å²) in [7, 11) is 2.87. The highest BCUT2D eigenvalue weighted by molar-refractivity contribution is 6.00. The zero-order valence-corrected chi connectivity index (χ0v) is 18.5. The largest absolute Gasteiger partial charge is 0.497 e. The molecule has 0 saturated carbocycles. The van der Waals surface area contributed by atoms with Crippen molar-refractivity contribution in [2.75, 3.05) is 20.8 Å². The number of H-pyrrole nitrogens is 1. The van der Waals surface area contributed by atoms with Crippen molar-refractivity contribution in [3.05, 3.63) is 85.8 Å². The number of benzene rings is 2. The highest BCUT2D eigenvalue weighted by Gasteiger charge is 2.20. The Hall–Kier alpha value is -4.21. The maximum absolute atomic E-state index is 13.2. The van der Waals surface area contributed by atoms with Crippen LogP contribution in [0, 0.1) is 10.1 Å². The summed E-state index contributed by atoms with van der Waals surface area (Å²) in [6, 6.07) is 13.2. The topological polar surface area (TPSA) is 129 Å². The molecule has 0 aliphatic heterocycles. The van der Waals surface area contributed by atoms with Crippen LogP contribution in [0.2, 0.25) is 0 Å². The first kappa shape index (κ1) is 23.5. The number of aliphatic imine (C=N–C) groups is 1. The van der Waals surface area contributed by atoms with Gasteiger partial charge in [-0.25, -0.2) is 4.68 Å². The molecule has 3 rings (SSSR count). The summed E-state index contributed by atoms with van der Waals surface area (Å²) in [5.41, 5.74) is 2.07. The molecule has 10 nitrogen and oxygen atoms in total. The summed E-state index contributed by atoms with van der Waals surface area (Å²) in [5, 5.41) is 13.8. The summed E-state index contributed by atoms with van der Waals surface area (Å²) in [5.74, 6) is 0.254. The first-order valence-corrected chi connectivity index (χ1v) is 10.1. The van der Waals surface area contributed by atoms with Crippen LogP contribution in [0.3, 0.4) is 0 Å². The molecular formula is C23H24N4O6. The van der Waals surface area contributed by atoms with Gasteiger partial charge in [-0.1, -0.05) is 12.1 Å². The molecular weight excluding hydrogens is 428 g/mol. The van der Waals surface area contributed by atoms with Gasteiger partial charge in [0, 0.05) is 24.4 Å². The summed E-state index contributed by atoms with van der Waals surface area (Å²) in [6.45, 7) is 2.15. The van der Waals surface area contributed by atoms with Crippen LogP contribution in [-0.4, -0.2) is 47.1 Å². The van der Waals surface area contributed by atoms with E-state index < -0.39 is 16.5 Å². The number of methoxy groups -OCH3 is 2. The van der Waals surface area contributed by atoms with Gasteiger partial charge in [-0.05, 0) is 43.2 Å². The van der Waals surface area contributed by atoms with E-state index in [1.54, 1.807) is 14.0 Å². The van der Waals surface area contributed by atoms with E-state index in [1.165, 1.54) is 36.1 Å². The average molecular weight is 452 g/mol. The van der Waals surface area contributed by atoms with Crippen LogP contribution in [0.1, 0.15) is 23.7 Å². The van der Waals surface area contributed by atoms with Crippen LogP contribution in [0.4, 0.5) is 5.69 Å². The second-order valence-corrected chi connectivity index (χ2v) is 7.20. The third-order valence-electron chi connectivity index (χ3n) is 5.10. The minimum atomic E-state index is -0.519. The second kappa shape index (κ2) is 10.4. The molecule has 33 heavy (non-hydrogen) atoms. The number of carbonyl (C=O) groups excluding carboxylic acids is 1. The predicted molar refractivity (Wildman–Crippen MR) is 123 cm³/mol. The van der Waals surface area contributed by atoms with Crippen LogP contribution in [-0.2, 0) is 22.4 Å². The van der Waals surface area contributed by atoms with Gasteiger partial charge >= 0.3 is 5.97 Å². The van der Waals surface area contributed by atoms with Gasteiger partial charge < -0.3 is 9.47 Å². The molecule has 0 atom stereocenters. The molecule has 1 N–H and O–H groups in total. The van der Waals surface area contributed by atoms with Crippen LogP contribution in [0.5, 0.6) is 5.75 Å². The SMILES string of the molecule is COC(=O)Cc1[nH]n(-c2ccc([N+](=O)[O-])cc2)c(=O)c1C(C)=NCCc1ccc(OC)cc1. The van der Waals surface area contributed by atoms with Gasteiger partial charge in [-0.15, -0.1) is 0 Å². The third kappa shape index (κ3) is 5.53. The molecule has 1 aromatic heterocycles. The Kier molecular flexibility index (Phi) is 7.39. The number of nitro benzene ring substituents is 1. The number of carbonyl (C=O) groups is 1. The van der Waals surface area contributed by atoms with Crippen molar-refractivity contribution in [2.24, 2.45) is 4.99 Å². The Bertz CT molecular complexity index is 1220. The van der Waals surface area contributed by atoms with E-state index in [0.717, 1.165) is 11.3 Å². The first-order valence-electron chi connectivity index (χ1n) is 10.1. The molecule has 0 aliphatic carbocycles. The number of nitrogens with zero attached hydrogens (tertiary/aromatic N) is 3. The molecule has 0 saturated heterocycles. The molecule has 2 aromatic carbocycles. The molecule has 0 unspecified atom stereocenters. The van der Waals surface area contributed by atoms with E-state index in [1.807, 2.05) is 24.3 Å². The van der Waals surface area contributed by atoms with Crippen molar-refractivity contribution in [3.63, 3.8) is 0 Å². The maximum Gasteiger partial charge on any atom is 0.311 e. The standard InChI is InChI=1S/C23H24N4O6/c1-15(24-13-12-16-4-10-19(32-2)11-5-16)22-20(14-21(28)33-3)25-26(23(22)29)17-6-8-18(9-7-17)27(30)31/h4-11,25H,12-14H2,1-3H3. The van der Waals surface area contributed by atoms with Crippen molar-refractivity contribution >= 4 is 17.4 Å². The Morgan fingerprint density at radius 1 is 1.12 bits per heavy atom. The molecule has 10 heteroatoms. The van der Waals surface area contributed by atoms with Crippen molar-refractivity contribution in [1.82, 2.24) is 9.78 Å². The van der Waals surface area contributed by atoms with E-state index in [4.69, 9.17) is 9.47 Å². The van der Waals surface area contributed by atoms with Gasteiger partial charge in [-0.2, -0.15) is 0 Å². The van der Waals surface area contributed by atoms with Gasteiger partial charge in [0.2, 0.25) is 0 Å². The summed E-state index contributed by atoms with van der Waals surface area (Å²) < 4.78 is 11.1. The van der Waals surface area contributed by atoms with Gasteiger partial charge in [0.1, 0.15) is 5.75 Å². The van der Waals surface area contributed by atoms with Crippen LogP contribution < -0.4 is 10.3 Å². The molecule has 172 valence electrons. The Morgan fingerprint density at radius 3 is 2.36 bits per heavy atom. The lowest BCUT2D eigenvalue weighted by Gasteiger charge is -2.03. The molecule has 1 heterocycles. The van der Waals surface area contributed by atoms with Crippen LogP contribution in [0.15, 0.2) is 58.3 Å². The lowest BCUT2D eigenvalue weighted by molar-refractivity contribution is -0.384. The summed E-state index contributed by atoms with van der Waals surface area (Å²) in [6.07, 6.45) is 0.515. The van der Waals surface area contributed by atoms with Crippen molar-refractivity contribution < 1.29 is 19.2 Å². The number of aromatic nitrogens is 2. The smallest absolute Gasteiger partial charge is 0.311 e. The molecule has 0 fully saturated rings. The van der Waals surface area contributed by atoms with Gasteiger partial charge in [0.05, 0.1) is 42.5 Å². The summed E-state index contributed by atoms with van der Waals surface area (Å²) in [4.78, 5) is 40.0. The number of non-ortho nitro benzene ring substituents is 1. The zero-order chi connectivity index (χ0) is 24.0. The number of nitro groups is 1. The number of aromatic amines is 1. The number of hydrogen-bond donors (Lipinski definition) is 1. The first-order chi connectivity index (χ1) is 15.8. The zero-order valence-electron chi connectivity index (χ0n) is 18.5. The minimum Gasteiger partial charge on any atom is -0.497 e. The minimum absolute atomic E-state index is 0.0929. The number of esters is 1. The van der Waals surface area contributed by atoms with Gasteiger partial charge in [0.15, 0.2) is 0 Å². The fourth-order valence-corrected chi connectivity index (χ4v) is 3.33. The molecule has 0 spiro atoms. The molecule has 0 amide bonds. The Labute approximate surface area is 189 Å². The molecule has 0 bridgehead atoms. The Balaban J connectivity index is 1.90. The molecule has 0 radical (unpaired) electrons. The molecule has 3 aromatic rings. The average Bonchev–Trinajstić information content (AvgIpc) is 3.14. The number of rotatable bonds is 9. The third-order valence-corrected chi connectivity index (χ3v) is 5.10. The van der Waals surface area contributed by atoms with E-state index in [2.05, 4.69) is 10.1 Å². The van der Waals surface area contributed by atoms with E-state index in [-0.39, 0.29) is 17.7 Å². The summed E-state index contributed by atoms with van der Waals surface area (Å²) >= 11 is 0. The Morgan fingerprint density at radius 2 is 1.79 bits per heavy atom. The van der Waals surface area contributed by atoms with Crippen LogP contribution >= 0.6 is 0 Å². The highest BCUT2D eigenvalue weighted by Crippen LogP contribution is 2.16. The van der Waals surface area contributed by atoms with E-state index in [0.29, 0.717) is 30.1 Å². The monoisotopic (exact) mass is 452 g/mol. The fraction of sp³-hybridized carbons (Fsp3) is 0.261. The molecule has 0 aliphatic rings. The van der Waals surface area contributed by atoms with Crippen molar-refractivity contribution in [3.8, 4) is 11.4 Å². The van der Waals surface area contributed by atoms with Crippen molar-refractivity contribution in [2.45, 2.75) is 19.8 Å². The van der Waals surface area contributed by atoms with Crippen LogP contribution in [0.25, 0.3) is 5.69 Å². The maximum atomic E-state index is 13.2. The van der Waals surface area contributed by atoms with Gasteiger partial charge in [-0.3, -0.25) is 29.8 Å². The van der Waals surface area contributed by atoms with E-state index >= 15 is 0 Å². The number of ether oxygens (including phenoxy) is 2. The fourth-order valence-electron chi connectivity index (χ4n) is 3.33. The normalized spacial score (nSPS) is 11.3. The quantitative estimate of drug-likeness (QED) is 0.230. The van der Waals surface area contributed by atoms with Crippen molar-refractivity contribution in [1.29, 1.82) is 0 Å². The van der Waals surface area contributed by atoms with E-state index in [9.17, 15) is 19.7 Å². The lowest BCUT2D eigenvalue weighted by atomic mass is 10.1. The van der Waals surface area contributed by atoms with Gasteiger partial charge in [0.25, 0.3) is 11.2 Å². The predicted octanol–water partition coefficient (Wildman–Crippen LogP) is 2.85. The number of hydrogen-bond acceptors (Lipinski definition) is 7. The highest BCUT2D eigenvalue weighted by atomic mass is 16.6. The second-order valence-electron chi connectivity index (χ2n) is 7.20. The number of nitrogens with one attached hydrogen (secondary N) is 1. The lowest BCUT2D eigenvalue weighted by Crippen LogP contribution is -2.20.